The molecular formula is C13H14N2O4S2. The van der Waals surface area contributed by atoms with Crippen molar-refractivity contribution in [1.29, 1.82) is 0 Å². The Morgan fingerprint density at radius 1 is 0.857 bits per heavy atom. The second-order valence-corrected chi connectivity index (χ2v) is 7.94. The molecule has 8 heteroatoms. The van der Waals surface area contributed by atoms with Crippen LogP contribution >= 0.6 is 0 Å². The van der Waals surface area contributed by atoms with Crippen molar-refractivity contribution < 1.29 is 16.8 Å². The number of hydrogen-bond acceptors (Lipinski definition) is 5. The maximum absolute atomic E-state index is 12.7. The van der Waals surface area contributed by atoms with Crippen molar-refractivity contribution in [1.82, 2.24) is 0 Å². The summed E-state index contributed by atoms with van der Waals surface area (Å²) in [4.78, 5) is -0.841. The quantitative estimate of drug-likeness (QED) is 0.817. The smallest absolute Gasteiger partial charge is 0.239 e. The Kier molecular flexibility index (Phi) is 3.79. The molecule has 0 unspecified atom stereocenters. The lowest BCUT2D eigenvalue weighted by atomic mass is 10.2. The Morgan fingerprint density at radius 3 is 2.00 bits per heavy atom. The van der Waals surface area contributed by atoms with E-state index >= 15 is 0 Å². The molecule has 0 amide bonds. The van der Waals surface area contributed by atoms with Crippen LogP contribution in [-0.2, 0) is 19.9 Å². The summed E-state index contributed by atoms with van der Waals surface area (Å²) < 4.78 is 48.5. The summed E-state index contributed by atoms with van der Waals surface area (Å²) in [6.45, 7) is 1.60. The highest BCUT2D eigenvalue weighted by Gasteiger charge is 2.27. The predicted octanol–water partition coefficient (Wildman–Crippen LogP) is 1.06. The summed E-state index contributed by atoms with van der Waals surface area (Å²) in [5, 5.41) is 5.08. The minimum absolute atomic E-state index is 0.0430. The van der Waals surface area contributed by atoms with E-state index in [9.17, 15) is 16.8 Å². The van der Waals surface area contributed by atoms with Gasteiger partial charge in [-0.05, 0) is 36.8 Å². The Bertz CT molecular complexity index is 904. The summed E-state index contributed by atoms with van der Waals surface area (Å²) in [5.74, 6) is 0. The van der Waals surface area contributed by atoms with Crippen LogP contribution in [0.5, 0.6) is 0 Å². The Hall–Kier alpha value is -1.90. The summed E-state index contributed by atoms with van der Waals surface area (Å²) in [7, 11) is -8.20. The van der Waals surface area contributed by atoms with Crippen molar-refractivity contribution in [2.75, 3.05) is 5.73 Å². The first-order chi connectivity index (χ1) is 9.64. The Morgan fingerprint density at radius 2 is 1.43 bits per heavy atom. The van der Waals surface area contributed by atoms with Crippen LogP contribution in [0.15, 0.2) is 57.2 Å². The molecule has 6 nitrogen and oxygen atoms in total. The number of benzene rings is 2. The minimum atomic E-state index is -4.16. The third kappa shape index (κ3) is 2.92. The number of sulfone groups is 1. The fourth-order valence-electron chi connectivity index (χ4n) is 1.93. The second kappa shape index (κ2) is 5.14. The van der Waals surface area contributed by atoms with Gasteiger partial charge in [-0.2, -0.15) is 0 Å². The van der Waals surface area contributed by atoms with E-state index in [0.717, 1.165) is 6.07 Å². The largest absolute Gasteiger partial charge is 0.399 e. The summed E-state index contributed by atoms with van der Waals surface area (Å²) in [5.41, 5.74) is 6.36. The average Bonchev–Trinajstić information content (AvgIpc) is 2.40. The molecule has 21 heavy (non-hydrogen) atoms. The molecule has 0 heterocycles. The van der Waals surface area contributed by atoms with Gasteiger partial charge in [-0.1, -0.05) is 18.2 Å². The molecular weight excluding hydrogens is 312 g/mol. The van der Waals surface area contributed by atoms with Crippen LogP contribution in [-0.4, -0.2) is 16.8 Å². The highest BCUT2D eigenvalue weighted by atomic mass is 32.2. The maximum atomic E-state index is 12.7. The molecule has 0 aromatic heterocycles. The third-order valence-electron chi connectivity index (χ3n) is 2.95. The molecule has 0 radical (unpaired) electrons. The standard InChI is InChI=1S/C13H14N2O4S2/c1-9-6-7-10(14)8-13(9)20(16,17)11-4-2-3-5-12(11)21(15,18)19/h2-8H,14H2,1H3,(H2,15,18,19). The van der Waals surface area contributed by atoms with E-state index < -0.39 is 24.8 Å². The monoisotopic (exact) mass is 326 g/mol. The number of primary sulfonamides is 1. The van der Waals surface area contributed by atoms with Gasteiger partial charge in [0.25, 0.3) is 0 Å². The topological polar surface area (TPSA) is 120 Å². The molecule has 2 aromatic rings. The number of nitrogen functional groups attached to an aromatic ring is 1. The normalized spacial score (nSPS) is 12.3. The summed E-state index contributed by atoms with van der Waals surface area (Å²) in [6, 6.07) is 9.63. The van der Waals surface area contributed by atoms with Crippen LogP contribution in [0.1, 0.15) is 5.56 Å². The van der Waals surface area contributed by atoms with E-state index in [4.69, 9.17) is 10.9 Å². The predicted molar refractivity (Wildman–Crippen MR) is 78.9 cm³/mol. The molecule has 0 aliphatic rings. The molecule has 0 fully saturated rings. The van der Waals surface area contributed by atoms with Crippen LogP contribution in [0.3, 0.4) is 0 Å². The van der Waals surface area contributed by atoms with Gasteiger partial charge in [0, 0.05) is 5.69 Å². The zero-order valence-corrected chi connectivity index (χ0v) is 12.8. The van der Waals surface area contributed by atoms with Crippen molar-refractivity contribution in [3.8, 4) is 0 Å². The van der Waals surface area contributed by atoms with Gasteiger partial charge in [-0.25, -0.2) is 22.0 Å². The molecule has 0 bridgehead atoms. The lowest BCUT2D eigenvalue weighted by Crippen LogP contribution is -2.17. The molecule has 2 rings (SSSR count). The van der Waals surface area contributed by atoms with E-state index in [0.29, 0.717) is 5.56 Å². The fraction of sp³-hybridized carbons (Fsp3) is 0.0769. The van der Waals surface area contributed by atoms with Crippen molar-refractivity contribution in [3.63, 3.8) is 0 Å². The van der Waals surface area contributed by atoms with Gasteiger partial charge in [0.2, 0.25) is 19.9 Å². The number of aryl methyl sites for hydroxylation is 1. The first kappa shape index (κ1) is 15.5. The minimum Gasteiger partial charge on any atom is -0.399 e. The number of sulfonamides is 1. The number of hydrogen-bond donors (Lipinski definition) is 2. The Balaban J connectivity index is 2.81. The van der Waals surface area contributed by atoms with E-state index in [1.165, 1.54) is 24.3 Å². The number of anilines is 1. The molecule has 0 saturated carbocycles. The second-order valence-electron chi connectivity index (χ2n) is 4.52. The molecule has 0 aliphatic carbocycles. The van der Waals surface area contributed by atoms with E-state index in [1.54, 1.807) is 19.1 Å². The van der Waals surface area contributed by atoms with E-state index in [2.05, 4.69) is 0 Å². The SMILES string of the molecule is Cc1ccc(N)cc1S(=O)(=O)c1ccccc1S(N)(=O)=O. The molecule has 2 aromatic carbocycles. The number of nitrogens with two attached hydrogens (primary N) is 2. The van der Waals surface area contributed by atoms with Crippen molar-refractivity contribution in [3.05, 3.63) is 48.0 Å². The zero-order valence-electron chi connectivity index (χ0n) is 11.1. The lowest BCUT2D eigenvalue weighted by Gasteiger charge is -2.11. The van der Waals surface area contributed by atoms with Gasteiger partial charge in [0.05, 0.1) is 9.79 Å². The van der Waals surface area contributed by atoms with Crippen molar-refractivity contribution >= 4 is 25.5 Å². The Labute approximate surface area is 123 Å². The first-order valence-electron chi connectivity index (χ1n) is 5.87. The third-order valence-corrected chi connectivity index (χ3v) is 6.00. The van der Waals surface area contributed by atoms with E-state index in [1.807, 2.05) is 0 Å². The van der Waals surface area contributed by atoms with Crippen LogP contribution < -0.4 is 10.9 Å². The van der Waals surface area contributed by atoms with Crippen LogP contribution in [0, 0.1) is 6.92 Å². The summed E-state index contributed by atoms with van der Waals surface area (Å²) in [6.07, 6.45) is 0. The molecule has 4 N–H and O–H groups in total. The summed E-state index contributed by atoms with van der Waals surface area (Å²) >= 11 is 0. The van der Waals surface area contributed by atoms with Gasteiger partial charge in [0.1, 0.15) is 4.90 Å². The van der Waals surface area contributed by atoms with Gasteiger partial charge >= 0.3 is 0 Å². The highest BCUT2D eigenvalue weighted by molar-refractivity contribution is 7.93. The highest BCUT2D eigenvalue weighted by Crippen LogP contribution is 2.29. The van der Waals surface area contributed by atoms with Gasteiger partial charge in [-0.15, -0.1) is 0 Å². The maximum Gasteiger partial charge on any atom is 0.239 e. The van der Waals surface area contributed by atoms with Crippen LogP contribution in [0.25, 0.3) is 0 Å². The van der Waals surface area contributed by atoms with Crippen molar-refractivity contribution in [2.24, 2.45) is 5.14 Å². The molecule has 0 spiro atoms. The van der Waals surface area contributed by atoms with Crippen LogP contribution in [0.2, 0.25) is 0 Å². The lowest BCUT2D eigenvalue weighted by molar-refractivity contribution is 0.583. The fourth-order valence-corrected chi connectivity index (χ4v) is 4.84. The van der Waals surface area contributed by atoms with Gasteiger partial charge in [-0.3, -0.25) is 0 Å². The average molecular weight is 326 g/mol. The zero-order chi connectivity index (χ0) is 15.8. The van der Waals surface area contributed by atoms with Gasteiger partial charge < -0.3 is 5.73 Å². The molecule has 0 atom stereocenters. The van der Waals surface area contributed by atoms with Gasteiger partial charge in [0.15, 0.2) is 0 Å². The van der Waals surface area contributed by atoms with E-state index in [-0.39, 0.29) is 15.5 Å². The molecule has 0 aliphatic heterocycles. The van der Waals surface area contributed by atoms with Crippen LogP contribution in [0.4, 0.5) is 5.69 Å². The van der Waals surface area contributed by atoms with Crippen molar-refractivity contribution in [2.45, 2.75) is 21.6 Å². The molecule has 0 saturated heterocycles. The molecule has 112 valence electrons. The first-order valence-corrected chi connectivity index (χ1v) is 8.90. The number of rotatable bonds is 3.